The van der Waals surface area contributed by atoms with E-state index in [4.69, 9.17) is 14.2 Å². The maximum atomic E-state index is 13.4. The number of aliphatic hydroxyl groups excluding tert-OH is 3. The lowest BCUT2D eigenvalue weighted by Gasteiger charge is -2.42. The van der Waals surface area contributed by atoms with Gasteiger partial charge in [-0.2, -0.15) is 0 Å². The van der Waals surface area contributed by atoms with Crippen LogP contribution in [0.25, 0.3) is 11.1 Å². The second-order valence-electron chi connectivity index (χ2n) is 9.75. The van der Waals surface area contributed by atoms with Crippen molar-refractivity contribution in [3.05, 3.63) is 83.9 Å². The lowest BCUT2D eigenvalue weighted by molar-refractivity contribution is -0.244. The van der Waals surface area contributed by atoms with Crippen molar-refractivity contribution >= 4 is 27.6 Å². The number of carbonyl (C=O) groups excluding carboxylic acids is 2. The quantitative estimate of drug-likeness (QED) is 0.214. The molecule has 1 heterocycles. The molecule has 13 heteroatoms. The standard InChI is InChI=1S/C29H32N2O10S/c1-17(33)30-25-27(35)26(34)23(15-32)41-29(25)40-22-13-7-12-21(28(36)39-16-18-8-4-3-5-9-18)24(22)19-10-6-11-20(14-19)31-42(2,37)38/h3-14,23,25-27,29,31-32,34-35H,15-16H2,1-2H3,(H,30,33)/t23?,25-,26-,27+,29+/m0/s1. The predicted molar refractivity (Wildman–Crippen MR) is 152 cm³/mol. The molecule has 42 heavy (non-hydrogen) atoms. The van der Waals surface area contributed by atoms with E-state index in [0.29, 0.717) is 5.56 Å². The topological polar surface area (TPSA) is 181 Å². The molecule has 5 N–H and O–H groups in total. The maximum Gasteiger partial charge on any atom is 0.339 e. The first-order valence-electron chi connectivity index (χ1n) is 13.0. The van der Waals surface area contributed by atoms with Gasteiger partial charge in [0.2, 0.25) is 22.2 Å². The zero-order chi connectivity index (χ0) is 30.4. The van der Waals surface area contributed by atoms with E-state index in [1.807, 2.05) is 18.2 Å². The van der Waals surface area contributed by atoms with Gasteiger partial charge in [-0.15, -0.1) is 0 Å². The summed E-state index contributed by atoms with van der Waals surface area (Å²) in [6, 6.07) is 18.6. The number of nitrogens with one attached hydrogen (secondary N) is 2. The number of benzene rings is 3. The summed E-state index contributed by atoms with van der Waals surface area (Å²) in [6.45, 7) is 0.546. The van der Waals surface area contributed by atoms with Crippen LogP contribution in [0.5, 0.6) is 5.75 Å². The Hall–Kier alpha value is -4.01. The Kier molecular flexibility index (Phi) is 9.81. The Labute approximate surface area is 242 Å². The average Bonchev–Trinajstić information content (AvgIpc) is 2.95. The Morgan fingerprint density at radius 1 is 0.976 bits per heavy atom. The second-order valence-corrected chi connectivity index (χ2v) is 11.5. The highest BCUT2D eigenvalue weighted by molar-refractivity contribution is 7.92. The normalized spacial score (nSPS) is 22.2. The maximum absolute atomic E-state index is 13.4. The van der Waals surface area contributed by atoms with Crippen molar-refractivity contribution in [2.45, 2.75) is 44.2 Å². The van der Waals surface area contributed by atoms with E-state index < -0.39 is 59.2 Å². The summed E-state index contributed by atoms with van der Waals surface area (Å²) in [4.78, 5) is 25.3. The number of hydrogen-bond acceptors (Lipinski definition) is 10. The summed E-state index contributed by atoms with van der Waals surface area (Å²) in [6.07, 6.45) is -4.72. The van der Waals surface area contributed by atoms with E-state index >= 15 is 0 Å². The van der Waals surface area contributed by atoms with E-state index in [9.17, 15) is 33.3 Å². The average molecular weight is 601 g/mol. The van der Waals surface area contributed by atoms with Gasteiger partial charge in [-0.3, -0.25) is 9.52 Å². The van der Waals surface area contributed by atoms with Crippen molar-refractivity contribution < 1.29 is 47.5 Å². The number of anilines is 1. The van der Waals surface area contributed by atoms with Gasteiger partial charge in [-0.1, -0.05) is 48.5 Å². The molecular weight excluding hydrogens is 568 g/mol. The van der Waals surface area contributed by atoms with Gasteiger partial charge >= 0.3 is 5.97 Å². The summed E-state index contributed by atoms with van der Waals surface area (Å²) in [7, 11) is -3.62. The summed E-state index contributed by atoms with van der Waals surface area (Å²) in [5, 5.41) is 33.3. The van der Waals surface area contributed by atoms with Gasteiger partial charge in [0.15, 0.2) is 0 Å². The van der Waals surface area contributed by atoms with E-state index in [0.717, 1.165) is 11.8 Å². The number of hydrogen-bond donors (Lipinski definition) is 5. The van der Waals surface area contributed by atoms with Crippen LogP contribution < -0.4 is 14.8 Å². The summed E-state index contributed by atoms with van der Waals surface area (Å²) < 4.78 is 43.6. The van der Waals surface area contributed by atoms with Crippen molar-refractivity contribution in [2.24, 2.45) is 0 Å². The number of carbonyl (C=O) groups is 2. The lowest BCUT2D eigenvalue weighted by Crippen LogP contribution is -2.65. The molecule has 1 saturated heterocycles. The molecule has 0 aliphatic carbocycles. The molecule has 5 atom stereocenters. The highest BCUT2D eigenvalue weighted by Crippen LogP contribution is 2.37. The molecule has 0 aromatic heterocycles. The molecule has 3 aromatic carbocycles. The molecule has 1 unspecified atom stereocenters. The number of sulfonamides is 1. The van der Waals surface area contributed by atoms with E-state index in [2.05, 4.69) is 10.0 Å². The number of ether oxygens (including phenoxy) is 3. The highest BCUT2D eigenvalue weighted by atomic mass is 32.2. The van der Waals surface area contributed by atoms with Gasteiger partial charge < -0.3 is 34.8 Å². The fourth-order valence-corrected chi connectivity index (χ4v) is 5.10. The van der Waals surface area contributed by atoms with E-state index in [1.54, 1.807) is 24.3 Å². The van der Waals surface area contributed by atoms with Crippen LogP contribution in [0, 0.1) is 0 Å². The molecule has 3 aromatic rings. The molecule has 4 rings (SSSR count). The number of amides is 1. The van der Waals surface area contributed by atoms with Crippen molar-refractivity contribution in [3.8, 4) is 16.9 Å². The molecule has 12 nitrogen and oxygen atoms in total. The Balaban J connectivity index is 1.77. The summed E-state index contributed by atoms with van der Waals surface area (Å²) in [5.41, 5.74) is 1.63. The first-order valence-corrected chi connectivity index (χ1v) is 14.8. The SMILES string of the molecule is CC(=O)N[C@@H]1[C@H](Oc2cccc(C(=O)OCc3ccccc3)c2-c2cccc(NS(C)(=O)=O)c2)OC(CO)[C@H](O)[C@@H]1O. The van der Waals surface area contributed by atoms with Gasteiger partial charge in [0.1, 0.15) is 36.7 Å². The minimum atomic E-state index is -3.62. The fraction of sp³-hybridized carbons (Fsp3) is 0.310. The number of rotatable bonds is 10. The van der Waals surface area contributed by atoms with Gasteiger partial charge in [-0.25, -0.2) is 13.2 Å². The first-order chi connectivity index (χ1) is 20.0. The molecular formula is C29H32N2O10S. The third-order valence-corrected chi connectivity index (χ3v) is 7.01. The van der Waals surface area contributed by atoms with Crippen molar-refractivity contribution in [3.63, 3.8) is 0 Å². The van der Waals surface area contributed by atoms with Gasteiger partial charge in [0, 0.05) is 18.2 Å². The van der Waals surface area contributed by atoms with Gasteiger partial charge in [0.25, 0.3) is 0 Å². The van der Waals surface area contributed by atoms with Crippen LogP contribution in [0.3, 0.4) is 0 Å². The molecule has 224 valence electrons. The fourth-order valence-electron chi connectivity index (χ4n) is 4.55. The van der Waals surface area contributed by atoms with E-state index in [-0.39, 0.29) is 29.2 Å². The predicted octanol–water partition coefficient (Wildman–Crippen LogP) is 1.40. The molecule has 1 fully saturated rings. The van der Waals surface area contributed by atoms with Crippen molar-refractivity contribution in [1.82, 2.24) is 5.32 Å². The molecule has 1 aliphatic heterocycles. The Morgan fingerprint density at radius 2 is 1.69 bits per heavy atom. The van der Waals surface area contributed by atoms with Crippen LogP contribution in [0.15, 0.2) is 72.8 Å². The summed E-state index contributed by atoms with van der Waals surface area (Å²) in [5.74, 6) is -1.18. The third-order valence-electron chi connectivity index (χ3n) is 6.41. The van der Waals surface area contributed by atoms with Crippen molar-refractivity contribution in [1.29, 1.82) is 0 Å². The van der Waals surface area contributed by atoms with Gasteiger partial charge in [0.05, 0.1) is 18.4 Å². The van der Waals surface area contributed by atoms with Crippen LogP contribution in [0.2, 0.25) is 0 Å². The molecule has 0 spiro atoms. The van der Waals surface area contributed by atoms with Crippen LogP contribution in [0.4, 0.5) is 5.69 Å². The van der Waals surface area contributed by atoms with E-state index in [1.165, 1.54) is 37.3 Å². The molecule has 1 amide bonds. The number of aliphatic hydroxyl groups is 3. The minimum Gasteiger partial charge on any atom is -0.462 e. The monoisotopic (exact) mass is 600 g/mol. The zero-order valence-corrected chi connectivity index (χ0v) is 23.7. The second kappa shape index (κ2) is 13.3. The van der Waals surface area contributed by atoms with Crippen LogP contribution >= 0.6 is 0 Å². The smallest absolute Gasteiger partial charge is 0.339 e. The molecule has 0 bridgehead atoms. The minimum absolute atomic E-state index is 0.0154. The van der Waals surface area contributed by atoms with Crippen LogP contribution in [-0.2, 0) is 30.9 Å². The third kappa shape index (κ3) is 7.63. The highest BCUT2D eigenvalue weighted by Gasteiger charge is 2.46. The number of esters is 1. The molecule has 0 saturated carbocycles. The van der Waals surface area contributed by atoms with Crippen LogP contribution in [-0.4, -0.2) is 79.1 Å². The van der Waals surface area contributed by atoms with Crippen LogP contribution in [0.1, 0.15) is 22.8 Å². The largest absolute Gasteiger partial charge is 0.462 e. The van der Waals surface area contributed by atoms with Crippen molar-refractivity contribution in [2.75, 3.05) is 17.6 Å². The zero-order valence-electron chi connectivity index (χ0n) is 22.8. The Bertz CT molecular complexity index is 1520. The molecule has 0 radical (unpaired) electrons. The first kappa shape index (κ1) is 30.9. The summed E-state index contributed by atoms with van der Waals surface area (Å²) >= 11 is 0. The Morgan fingerprint density at radius 3 is 2.36 bits per heavy atom. The lowest BCUT2D eigenvalue weighted by atomic mass is 9.96. The van der Waals surface area contributed by atoms with Gasteiger partial charge in [-0.05, 0) is 35.4 Å². The molecule has 1 aliphatic rings.